The summed E-state index contributed by atoms with van der Waals surface area (Å²) >= 11 is 0. The topological polar surface area (TPSA) is 57.0 Å². The first-order chi connectivity index (χ1) is 8.69. The van der Waals surface area contributed by atoms with Crippen molar-refractivity contribution in [3.8, 4) is 5.82 Å². The molecule has 0 aromatic carbocycles. The van der Waals surface area contributed by atoms with Gasteiger partial charge >= 0.3 is 5.97 Å². The van der Waals surface area contributed by atoms with Gasteiger partial charge in [-0.2, -0.15) is 5.10 Å². The lowest BCUT2D eigenvalue weighted by Crippen LogP contribution is -2.09. The van der Waals surface area contributed by atoms with Gasteiger partial charge in [-0.1, -0.05) is 0 Å². The van der Waals surface area contributed by atoms with Crippen molar-refractivity contribution in [1.29, 1.82) is 0 Å². The number of aryl methyl sites for hydroxylation is 1. The predicted molar refractivity (Wildman–Crippen MR) is 66.4 cm³/mol. The molecule has 2 rings (SSSR count). The minimum absolute atomic E-state index is 0.159. The van der Waals surface area contributed by atoms with Gasteiger partial charge < -0.3 is 9.30 Å². The molecule has 2 heterocycles. The molecule has 0 atom stereocenters. The van der Waals surface area contributed by atoms with Crippen LogP contribution in [-0.4, -0.2) is 27.3 Å². The van der Waals surface area contributed by atoms with Crippen LogP contribution in [0.5, 0.6) is 0 Å². The minimum atomic E-state index is -0.281. The maximum Gasteiger partial charge on any atom is 0.311 e. The highest BCUT2D eigenvalue weighted by Crippen LogP contribution is 2.07. The van der Waals surface area contributed by atoms with Gasteiger partial charge in [0, 0.05) is 12.4 Å². The Labute approximate surface area is 105 Å². The lowest BCUT2D eigenvalue weighted by atomic mass is 10.3. The Morgan fingerprint density at radius 2 is 2.17 bits per heavy atom. The summed E-state index contributed by atoms with van der Waals surface area (Å²) in [7, 11) is 0. The molecule has 0 aliphatic heterocycles. The Morgan fingerprint density at radius 1 is 1.33 bits per heavy atom. The summed E-state index contributed by atoms with van der Waals surface area (Å²) in [4.78, 5) is 11.3. The Hall–Kier alpha value is -2.17. The number of hydrogen-bond acceptors (Lipinski definition) is 4. The fourth-order valence-corrected chi connectivity index (χ4v) is 1.59. The van der Waals surface area contributed by atoms with Gasteiger partial charge in [-0.3, -0.25) is 4.79 Å². The Bertz CT molecular complexity index is 531. The van der Waals surface area contributed by atoms with Crippen LogP contribution in [0.25, 0.3) is 5.82 Å². The zero-order valence-electron chi connectivity index (χ0n) is 10.5. The van der Waals surface area contributed by atoms with Gasteiger partial charge in [-0.05, 0) is 37.6 Å². The smallest absolute Gasteiger partial charge is 0.311 e. The maximum absolute atomic E-state index is 11.3. The van der Waals surface area contributed by atoms with Crippen LogP contribution in [0.1, 0.15) is 18.2 Å². The van der Waals surface area contributed by atoms with Gasteiger partial charge in [0.05, 0.1) is 18.7 Å². The highest BCUT2D eigenvalue weighted by Gasteiger charge is 2.06. The van der Waals surface area contributed by atoms with E-state index in [0.717, 1.165) is 11.4 Å². The van der Waals surface area contributed by atoms with Crippen LogP contribution in [0.4, 0.5) is 0 Å². The van der Waals surface area contributed by atoms with E-state index in [-0.39, 0.29) is 12.4 Å². The molecule has 0 bridgehead atoms. The van der Waals surface area contributed by atoms with Crippen LogP contribution in [0, 0.1) is 6.92 Å². The molecule has 0 N–H and O–H groups in total. The van der Waals surface area contributed by atoms with Crippen molar-refractivity contribution < 1.29 is 9.53 Å². The molecule has 0 amide bonds. The molecule has 5 nitrogen and oxygen atoms in total. The molecule has 0 unspecified atom stereocenters. The molecule has 94 valence electrons. The molecule has 5 heteroatoms. The van der Waals surface area contributed by atoms with Gasteiger partial charge in [0.2, 0.25) is 0 Å². The van der Waals surface area contributed by atoms with Crippen molar-refractivity contribution in [3.05, 3.63) is 41.9 Å². The molecular formula is C13H15N3O2. The van der Waals surface area contributed by atoms with Crippen molar-refractivity contribution >= 4 is 5.97 Å². The van der Waals surface area contributed by atoms with Gasteiger partial charge in [0.1, 0.15) is 0 Å². The summed E-state index contributed by atoms with van der Waals surface area (Å²) in [5, 5.41) is 8.10. The van der Waals surface area contributed by atoms with Crippen molar-refractivity contribution in [3.63, 3.8) is 0 Å². The molecule has 0 aliphatic carbocycles. The number of carbonyl (C=O) groups is 1. The SMILES string of the molecule is CCOC(=O)Cc1ccc(-n2ccc(C)c2)nn1. The fraction of sp³-hybridized carbons (Fsp3) is 0.308. The Morgan fingerprint density at radius 3 is 2.72 bits per heavy atom. The van der Waals surface area contributed by atoms with E-state index in [9.17, 15) is 4.79 Å². The van der Waals surface area contributed by atoms with E-state index in [0.29, 0.717) is 12.3 Å². The highest BCUT2D eigenvalue weighted by molar-refractivity contribution is 5.71. The molecule has 2 aromatic rings. The van der Waals surface area contributed by atoms with Gasteiger partial charge in [0.15, 0.2) is 5.82 Å². The summed E-state index contributed by atoms with van der Waals surface area (Å²) < 4.78 is 6.74. The van der Waals surface area contributed by atoms with E-state index in [1.165, 1.54) is 0 Å². The van der Waals surface area contributed by atoms with E-state index < -0.39 is 0 Å². The Kier molecular flexibility index (Phi) is 3.72. The third-order valence-electron chi connectivity index (χ3n) is 2.44. The van der Waals surface area contributed by atoms with E-state index in [2.05, 4.69) is 10.2 Å². The number of ether oxygens (including phenoxy) is 1. The van der Waals surface area contributed by atoms with Gasteiger partial charge in [0.25, 0.3) is 0 Å². The zero-order valence-corrected chi connectivity index (χ0v) is 10.5. The molecule has 18 heavy (non-hydrogen) atoms. The van der Waals surface area contributed by atoms with Crippen LogP contribution in [0.3, 0.4) is 0 Å². The minimum Gasteiger partial charge on any atom is -0.466 e. The van der Waals surface area contributed by atoms with Gasteiger partial charge in [-0.25, -0.2) is 0 Å². The van der Waals surface area contributed by atoms with Crippen LogP contribution in [0.15, 0.2) is 30.6 Å². The van der Waals surface area contributed by atoms with E-state index in [1.807, 2.05) is 36.0 Å². The summed E-state index contributed by atoms with van der Waals surface area (Å²) in [5.41, 5.74) is 1.77. The van der Waals surface area contributed by atoms with Crippen LogP contribution in [0.2, 0.25) is 0 Å². The lowest BCUT2D eigenvalue weighted by Gasteiger charge is -2.03. The molecule has 0 saturated heterocycles. The zero-order chi connectivity index (χ0) is 13.0. The predicted octanol–water partition coefficient (Wildman–Crippen LogP) is 1.68. The second kappa shape index (κ2) is 5.44. The normalized spacial score (nSPS) is 10.3. The monoisotopic (exact) mass is 245 g/mol. The molecule has 0 radical (unpaired) electrons. The second-order valence-corrected chi connectivity index (χ2v) is 3.96. The Balaban J connectivity index is 2.08. The third-order valence-corrected chi connectivity index (χ3v) is 2.44. The molecule has 0 saturated carbocycles. The second-order valence-electron chi connectivity index (χ2n) is 3.96. The third kappa shape index (κ3) is 2.94. The van der Waals surface area contributed by atoms with Crippen LogP contribution >= 0.6 is 0 Å². The quantitative estimate of drug-likeness (QED) is 0.769. The molecular weight excluding hydrogens is 230 g/mol. The molecule has 2 aromatic heterocycles. The lowest BCUT2D eigenvalue weighted by molar-refractivity contribution is -0.142. The first kappa shape index (κ1) is 12.3. The largest absolute Gasteiger partial charge is 0.466 e. The number of aromatic nitrogens is 3. The summed E-state index contributed by atoms with van der Waals surface area (Å²) in [6, 6.07) is 5.61. The number of nitrogens with zero attached hydrogens (tertiary/aromatic N) is 3. The summed E-state index contributed by atoms with van der Waals surface area (Å²) in [5.74, 6) is 0.451. The number of esters is 1. The van der Waals surface area contributed by atoms with Crippen molar-refractivity contribution in [2.24, 2.45) is 0 Å². The average Bonchev–Trinajstić information content (AvgIpc) is 2.77. The van der Waals surface area contributed by atoms with Gasteiger partial charge in [-0.15, -0.1) is 5.10 Å². The van der Waals surface area contributed by atoms with Crippen LogP contribution in [-0.2, 0) is 16.0 Å². The van der Waals surface area contributed by atoms with Crippen molar-refractivity contribution in [2.45, 2.75) is 20.3 Å². The van der Waals surface area contributed by atoms with E-state index in [1.54, 1.807) is 13.0 Å². The highest BCUT2D eigenvalue weighted by atomic mass is 16.5. The fourth-order valence-electron chi connectivity index (χ4n) is 1.59. The number of rotatable bonds is 4. The molecule has 0 fully saturated rings. The van der Waals surface area contributed by atoms with E-state index >= 15 is 0 Å². The average molecular weight is 245 g/mol. The number of carbonyl (C=O) groups excluding carboxylic acids is 1. The number of hydrogen-bond donors (Lipinski definition) is 0. The van der Waals surface area contributed by atoms with Crippen molar-refractivity contribution in [2.75, 3.05) is 6.61 Å². The molecule has 0 aliphatic rings. The van der Waals surface area contributed by atoms with E-state index in [4.69, 9.17) is 4.74 Å². The summed E-state index contributed by atoms with van der Waals surface area (Å²) in [6.45, 7) is 4.17. The van der Waals surface area contributed by atoms with Crippen LogP contribution < -0.4 is 0 Å². The van der Waals surface area contributed by atoms with Crippen molar-refractivity contribution in [1.82, 2.24) is 14.8 Å². The first-order valence-electron chi connectivity index (χ1n) is 5.82. The maximum atomic E-state index is 11.3. The first-order valence-corrected chi connectivity index (χ1v) is 5.82. The standard InChI is InChI=1S/C13H15N3O2/c1-3-18-13(17)8-11-4-5-12(15-14-11)16-7-6-10(2)9-16/h4-7,9H,3,8H2,1-2H3. The summed E-state index contributed by atoms with van der Waals surface area (Å²) in [6.07, 6.45) is 4.05. The molecule has 0 spiro atoms.